The molecule has 3 aliphatic rings. The molecule has 3 fully saturated rings. The standard InChI is InChI=1S/C37H66N4O3Si/c1-35(2,3)43-34(42)40-25-22-37(7,23-26-40)41-24-14-13-17-33(41)39-32(30-15-11-10-12-16-30)28-38-27-29-18-20-31(21-19-29)44-45(8,9)36(4,5)6/h10-12,15-16,29,31-33,38-39H,13-14,17-28H2,1-9H3/t29?,31?,32-,33?/m0/s1. The molecule has 1 aromatic rings. The second-order valence-corrected chi connectivity index (χ2v) is 21.7. The fraction of sp³-hybridized carbons (Fsp3) is 0.811. The van der Waals surface area contributed by atoms with Crippen molar-refractivity contribution in [2.75, 3.05) is 32.7 Å². The SMILES string of the molecule is CC(C)(C)OC(=O)N1CCC(C)(N2CCCCC2N[C@@H](CNCC2CCC(O[Si](C)(C)C(C)(C)C)CC2)c2ccccc2)CC1. The van der Waals surface area contributed by atoms with Crippen LogP contribution in [-0.4, -0.2) is 80.3 Å². The Hall–Kier alpha value is -1.45. The minimum Gasteiger partial charge on any atom is -0.444 e. The molecule has 256 valence electrons. The molecular formula is C37H66N4O3Si. The van der Waals surface area contributed by atoms with Crippen LogP contribution >= 0.6 is 0 Å². The zero-order chi connectivity index (χ0) is 32.9. The van der Waals surface area contributed by atoms with Gasteiger partial charge in [-0.05, 0) is 122 Å². The smallest absolute Gasteiger partial charge is 0.410 e. The second-order valence-electron chi connectivity index (χ2n) is 17.0. The predicted octanol–water partition coefficient (Wildman–Crippen LogP) is 8.09. The Labute approximate surface area is 276 Å². The number of rotatable bonds is 10. The minimum absolute atomic E-state index is 0.0659. The van der Waals surface area contributed by atoms with Gasteiger partial charge in [-0.1, -0.05) is 51.1 Å². The van der Waals surface area contributed by atoms with E-state index >= 15 is 0 Å². The first-order chi connectivity index (χ1) is 21.1. The average Bonchev–Trinajstić information content (AvgIpc) is 2.97. The lowest BCUT2D eigenvalue weighted by Crippen LogP contribution is -2.63. The highest BCUT2D eigenvalue weighted by Crippen LogP contribution is 2.40. The zero-order valence-electron chi connectivity index (χ0n) is 30.2. The van der Waals surface area contributed by atoms with Crippen LogP contribution in [0.5, 0.6) is 0 Å². The van der Waals surface area contributed by atoms with Crippen molar-refractivity contribution in [3.63, 3.8) is 0 Å². The van der Waals surface area contributed by atoms with Crippen LogP contribution in [0.3, 0.4) is 0 Å². The van der Waals surface area contributed by atoms with E-state index in [0.717, 1.165) is 57.9 Å². The van der Waals surface area contributed by atoms with Gasteiger partial charge in [-0.15, -0.1) is 0 Å². The highest BCUT2D eigenvalue weighted by Gasteiger charge is 2.42. The van der Waals surface area contributed by atoms with Crippen molar-refractivity contribution in [1.29, 1.82) is 0 Å². The van der Waals surface area contributed by atoms with Gasteiger partial charge in [0.25, 0.3) is 0 Å². The molecule has 1 aromatic carbocycles. The molecule has 8 heteroatoms. The quantitative estimate of drug-likeness (QED) is 0.252. The Bertz CT molecular complexity index is 1050. The van der Waals surface area contributed by atoms with Crippen molar-refractivity contribution in [2.24, 2.45) is 5.92 Å². The molecule has 0 aromatic heterocycles. The number of benzene rings is 1. The van der Waals surface area contributed by atoms with E-state index < -0.39 is 13.9 Å². The van der Waals surface area contributed by atoms with E-state index in [0.29, 0.717) is 12.3 Å². The molecule has 0 bridgehead atoms. The van der Waals surface area contributed by atoms with E-state index in [4.69, 9.17) is 9.16 Å². The van der Waals surface area contributed by atoms with E-state index in [2.05, 4.69) is 86.7 Å². The Morgan fingerprint density at radius 3 is 2.20 bits per heavy atom. The van der Waals surface area contributed by atoms with E-state index in [-0.39, 0.29) is 22.7 Å². The first-order valence-corrected chi connectivity index (χ1v) is 20.9. The average molecular weight is 643 g/mol. The van der Waals surface area contributed by atoms with Gasteiger partial charge in [-0.3, -0.25) is 10.2 Å². The Morgan fingerprint density at radius 2 is 1.60 bits per heavy atom. The number of hydrogen-bond donors (Lipinski definition) is 2. The number of hydrogen-bond acceptors (Lipinski definition) is 6. The van der Waals surface area contributed by atoms with Crippen LogP contribution in [0, 0.1) is 5.92 Å². The van der Waals surface area contributed by atoms with Gasteiger partial charge in [-0.25, -0.2) is 4.79 Å². The van der Waals surface area contributed by atoms with Crippen molar-refractivity contribution >= 4 is 14.4 Å². The molecule has 0 radical (unpaired) electrons. The van der Waals surface area contributed by atoms with Gasteiger partial charge in [-0.2, -0.15) is 0 Å². The summed E-state index contributed by atoms with van der Waals surface area (Å²) in [7, 11) is -1.71. The summed E-state index contributed by atoms with van der Waals surface area (Å²) < 4.78 is 12.4. The van der Waals surface area contributed by atoms with E-state index in [1.165, 1.54) is 44.1 Å². The van der Waals surface area contributed by atoms with Crippen LogP contribution in [0.1, 0.15) is 118 Å². The lowest BCUT2D eigenvalue weighted by molar-refractivity contribution is -0.0360. The van der Waals surface area contributed by atoms with Gasteiger partial charge in [0.2, 0.25) is 0 Å². The van der Waals surface area contributed by atoms with Crippen LogP contribution in [0.15, 0.2) is 30.3 Å². The molecule has 2 aliphatic heterocycles. The Morgan fingerprint density at radius 1 is 0.956 bits per heavy atom. The third-order valence-electron chi connectivity index (χ3n) is 11.1. The van der Waals surface area contributed by atoms with Gasteiger partial charge in [0.1, 0.15) is 5.60 Å². The fourth-order valence-corrected chi connectivity index (χ4v) is 8.63. The number of piperidine rings is 2. The monoisotopic (exact) mass is 642 g/mol. The van der Waals surface area contributed by atoms with E-state index in [1.807, 2.05) is 25.7 Å². The topological polar surface area (TPSA) is 66.1 Å². The summed E-state index contributed by atoms with van der Waals surface area (Å²) in [5, 5.41) is 8.31. The number of ether oxygens (including phenoxy) is 1. The lowest BCUT2D eigenvalue weighted by Gasteiger charge is -2.52. The molecule has 1 aliphatic carbocycles. The maximum absolute atomic E-state index is 12.8. The maximum Gasteiger partial charge on any atom is 0.410 e. The summed E-state index contributed by atoms with van der Waals surface area (Å²) in [5.74, 6) is 0.723. The van der Waals surface area contributed by atoms with Crippen LogP contribution in [0.4, 0.5) is 4.79 Å². The number of carbonyl (C=O) groups excluding carboxylic acids is 1. The van der Waals surface area contributed by atoms with Crippen molar-refractivity contribution in [1.82, 2.24) is 20.4 Å². The molecule has 0 spiro atoms. The summed E-state index contributed by atoms with van der Waals surface area (Å²) in [5.41, 5.74) is 0.960. The van der Waals surface area contributed by atoms with Gasteiger partial charge in [0.15, 0.2) is 8.32 Å². The maximum atomic E-state index is 12.8. The van der Waals surface area contributed by atoms with Crippen molar-refractivity contribution in [2.45, 2.75) is 154 Å². The van der Waals surface area contributed by atoms with Crippen molar-refractivity contribution in [3.05, 3.63) is 35.9 Å². The number of likely N-dealkylation sites (tertiary alicyclic amines) is 2. The van der Waals surface area contributed by atoms with Crippen LogP contribution in [0.2, 0.25) is 18.1 Å². The number of carbonyl (C=O) groups is 1. The normalized spacial score (nSPS) is 26.0. The number of nitrogens with zero attached hydrogens (tertiary/aromatic N) is 2. The van der Waals surface area contributed by atoms with Gasteiger partial charge in [0.05, 0.1) is 6.17 Å². The summed E-state index contributed by atoms with van der Waals surface area (Å²) in [6.07, 6.45) is 11.1. The van der Waals surface area contributed by atoms with Gasteiger partial charge in [0, 0.05) is 43.9 Å². The molecule has 45 heavy (non-hydrogen) atoms. The highest BCUT2D eigenvalue weighted by molar-refractivity contribution is 6.74. The van der Waals surface area contributed by atoms with Gasteiger partial charge < -0.3 is 19.4 Å². The third kappa shape index (κ3) is 10.3. The summed E-state index contributed by atoms with van der Waals surface area (Å²) >= 11 is 0. The summed E-state index contributed by atoms with van der Waals surface area (Å²) in [4.78, 5) is 17.4. The predicted molar refractivity (Wildman–Crippen MR) is 189 cm³/mol. The molecule has 2 atom stereocenters. The molecule has 1 unspecified atom stereocenters. The van der Waals surface area contributed by atoms with Crippen molar-refractivity contribution < 1.29 is 14.0 Å². The zero-order valence-corrected chi connectivity index (χ0v) is 31.2. The largest absolute Gasteiger partial charge is 0.444 e. The van der Waals surface area contributed by atoms with E-state index in [1.54, 1.807) is 0 Å². The van der Waals surface area contributed by atoms with Crippen LogP contribution in [0.25, 0.3) is 0 Å². The van der Waals surface area contributed by atoms with Gasteiger partial charge >= 0.3 is 6.09 Å². The van der Waals surface area contributed by atoms with Crippen LogP contribution in [-0.2, 0) is 9.16 Å². The molecular weight excluding hydrogens is 577 g/mol. The van der Waals surface area contributed by atoms with E-state index in [9.17, 15) is 4.79 Å². The van der Waals surface area contributed by atoms with Crippen LogP contribution < -0.4 is 10.6 Å². The molecule has 1 amide bonds. The molecule has 2 N–H and O–H groups in total. The molecule has 4 rings (SSSR count). The number of nitrogens with one attached hydrogen (secondary N) is 2. The Balaban J connectivity index is 1.32. The molecule has 7 nitrogen and oxygen atoms in total. The minimum atomic E-state index is -1.71. The molecule has 2 heterocycles. The number of amides is 1. The first kappa shape index (κ1) is 36.4. The summed E-state index contributed by atoms with van der Waals surface area (Å²) in [6.45, 7) is 24.7. The Kier molecular flexibility index (Phi) is 12.3. The summed E-state index contributed by atoms with van der Waals surface area (Å²) in [6, 6.07) is 11.2. The molecule has 1 saturated carbocycles. The lowest BCUT2D eigenvalue weighted by atomic mass is 9.85. The fourth-order valence-electron chi connectivity index (χ4n) is 7.21. The van der Waals surface area contributed by atoms with Crippen molar-refractivity contribution in [3.8, 4) is 0 Å². The second kappa shape index (κ2) is 15.2. The highest BCUT2D eigenvalue weighted by atomic mass is 28.4. The molecule has 2 saturated heterocycles. The first-order valence-electron chi connectivity index (χ1n) is 18.0. The third-order valence-corrected chi connectivity index (χ3v) is 15.7.